The lowest BCUT2D eigenvalue weighted by Crippen LogP contribution is -2.25. The van der Waals surface area contributed by atoms with E-state index in [1.54, 1.807) is 17.7 Å². The van der Waals surface area contributed by atoms with Crippen molar-refractivity contribution in [2.45, 2.75) is 13.3 Å². The van der Waals surface area contributed by atoms with Crippen molar-refractivity contribution in [1.29, 1.82) is 0 Å². The van der Waals surface area contributed by atoms with Gasteiger partial charge in [0.25, 0.3) is 0 Å². The number of rotatable bonds is 5. The molecule has 0 N–H and O–H groups in total. The number of anilines is 1. The van der Waals surface area contributed by atoms with Gasteiger partial charge in [0, 0.05) is 19.0 Å². The van der Waals surface area contributed by atoms with Crippen LogP contribution in [0.5, 0.6) is 0 Å². The zero-order valence-electron chi connectivity index (χ0n) is 9.19. The van der Waals surface area contributed by atoms with Crippen LogP contribution < -0.4 is 4.90 Å². The average molecular weight is 256 g/mol. The molecule has 0 radical (unpaired) electrons. The largest absolute Gasteiger partial charge is 0.356 e. The maximum atomic E-state index is 5.73. The van der Waals surface area contributed by atoms with Gasteiger partial charge < -0.3 is 4.90 Å². The zero-order chi connectivity index (χ0) is 11.4. The van der Waals surface area contributed by atoms with E-state index in [0.29, 0.717) is 5.88 Å². The van der Waals surface area contributed by atoms with Crippen LogP contribution in [0, 0.1) is 0 Å². The number of aromatic nitrogens is 2. The Hall–Kier alpha value is -0.870. The SMILES string of the molecule is CCN(CCCCl)c1ncnc2sccc12. The summed E-state index contributed by atoms with van der Waals surface area (Å²) < 4.78 is 0. The van der Waals surface area contributed by atoms with E-state index in [1.165, 1.54) is 0 Å². The average Bonchev–Trinajstić information content (AvgIpc) is 2.78. The van der Waals surface area contributed by atoms with E-state index >= 15 is 0 Å². The summed E-state index contributed by atoms with van der Waals surface area (Å²) in [5.41, 5.74) is 0. The first kappa shape index (κ1) is 11.6. The smallest absolute Gasteiger partial charge is 0.140 e. The van der Waals surface area contributed by atoms with E-state index in [2.05, 4.69) is 33.2 Å². The number of fused-ring (bicyclic) bond motifs is 1. The molecule has 0 unspecified atom stereocenters. The molecular formula is C11H14ClN3S. The van der Waals surface area contributed by atoms with Crippen LogP contribution in [0.3, 0.4) is 0 Å². The van der Waals surface area contributed by atoms with Crippen molar-refractivity contribution in [2.24, 2.45) is 0 Å². The molecule has 0 bridgehead atoms. The van der Waals surface area contributed by atoms with Gasteiger partial charge in [-0.2, -0.15) is 0 Å². The van der Waals surface area contributed by atoms with Crippen LogP contribution in [0.2, 0.25) is 0 Å². The molecule has 0 aliphatic heterocycles. The molecule has 2 aromatic rings. The lowest BCUT2D eigenvalue weighted by atomic mass is 10.3. The molecule has 0 saturated carbocycles. The third-order valence-electron chi connectivity index (χ3n) is 2.48. The summed E-state index contributed by atoms with van der Waals surface area (Å²) in [6.07, 6.45) is 2.61. The molecule has 3 nitrogen and oxygen atoms in total. The fourth-order valence-electron chi connectivity index (χ4n) is 1.69. The maximum absolute atomic E-state index is 5.73. The molecule has 0 aliphatic carbocycles. The van der Waals surface area contributed by atoms with Crippen molar-refractivity contribution in [3.8, 4) is 0 Å². The second-order valence-electron chi connectivity index (χ2n) is 3.46. The molecule has 2 aromatic heterocycles. The summed E-state index contributed by atoms with van der Waals surface area (Å²) >= 11 is 7.38. The third-order valence-corrected chi connectivity index (χ3v) is 3.57. The van der Waals surface area contributed by atoms with Crippen LogP contribution in [0.4, 0.5) is 5.82 Å². The lowest BCUT2D eigenvalue weighted by molar-refractivity contribution is 0.784. The molecule has 0 aliphatic rings. The fourth-order valence-corrected chi connectivity index (χ4v) is 2.54. The van der Waals surface area contributed by atoms with Crippen LogP contribution in [-0.2, 0) is 0 Å². The zero-order valence-corrected chi connectivity index (χ0v) is 10.8. The van der Waals surface area contributed by atoms with Crippen molar-refractivity contribution in [1.82, 2.24) is 9.97 Å². The van der Waals surface area contributed by atoms with Crippen LogP contribution in [-0.4, -0.2) is 28.9 Å². The van der Waals surface area contributed by atoms with E-state index < -0.39 is 0 Å². The molecule has 2 rings (SSSR count). The molecule has 0 spiro atoms. The highest BCUT2D eigenvalue weighted by Gasteiger charge is 2.10. The van der Waals surface area contributed by atoms with Gasteiger partial charge in [-0.15, -0.1) is 22.9 Å². The highest BCUT2D eigenvalue weighted by atomic mass is 35.5. The second-order valence-corrected chi connectivity index (χ2v) is 4.73. The molecule has 0 amide bonds. The Bertz CT molecular complexity index is 457. The predicted octanol–water partition coefficient (Wildman–Crippen LogP) is 3.15. The van der Waals surface area contributed by atoms with E-state index in [9.17, 15) is 0 Å². The molecule has 86 valence electrons. The van der Waals surface area contributed by atoms with Crippen LogP contribution >= 0.6 is 22.9 Å². The van der Waals surface area contributed by atoms with Gasteiger partial charge in [-0.05, 0) is 24.8 Å². The number of halogens is 1. The predicted molar refractivity (Wildman–Crippen MR) is 70.6 cm³/mol. The van der Waals surface area contributed by atoms with Crippen LogP contribution in [0.1, 0.15) is 13.3 Å². The summed E-state index contributed by atoms with van der Waals surface area (Å²) in [5, 5.41) is 3.20. The van der Waals surface area contributed by atoms with Crippen molar-refractivity contribution < 1.29 is 0 Å². The first-order valence-electron chi connectivity index (χ1n) is 5.36. The molecule has 0 atom stereocenters. The van der Waals surface area contributed by atoms with Crippen molar-refractivity contribution in [3.63, 3.8) is 0 Å². The molecule has 0 fully saturated rings. The number of alkyl halides is 1. The molecule has 16 heavy (non-hydrogen) atoms. The van der Waals surface area contributed by atoms with Crippen LogP contribution in [0.25, 0.3) is 10.2 Å². The minimum Gasteiger partial charge on any atom is -0.356 e. The van der Waals surface area contributed by atoms with Gasteiger partial charge in [0.15, 0.2) is 0 Å². The maximum Gasteiger partial charge on any atom is 0.140 e. The Kier molecular flexibility index (Phi) is 3.96. The van der Waals surface area contributed by atoms with Gasteiger partial charge in [-0.1, -0.05) is 0 Å². The summed E-state index contributed by atoms with van der Waals surface area (Å²) in [5.74, 6) is 1.72. The Labute approximate surface area is 104 Å². The quantitative estimate of drug-likeness (QED) is 0.769. The third kappa shape index (κ3) is 2.28. The molecule has 2 heterocycles. The van der Waals surface area contributed by atoms with Gasteiger partial charge in [-0.3, -0.25) is 0 Å². The molecule has 5 heteroatoms. The van der Waals surface area contributed by atoms with Gasteiger partial charge >= 0.3 is 0 Å². The minimum absolute atomic E-state index is 0.689. The van der Waals surface area contributed by atoms with Crippen LogP contribution in [0.15, 0.2) is 17.8 Å². The lowest BCUT2D eigenvalue weighted by Gasteiger charge is -2.21. The highest BCUT2D eigenvalue weighted by Crippen LogP contribution is 2.26. The normalized spacial score (nSPS) is 10.9. The monoisotopic (exact) mass is 255 g/mol. The van der Waals surface area contributed by atoms with E-state index in [0.717, 1.165) is 35.5 Å². The molecular weight excluding hydrogens is 242 g/mol. The Morgan fingerprint density at radius 2 is 2.31 bits per heavy atom. The van der Waals surface area contributed by atoms with E-state index in [-0.39, 0.29) is 0 Å². The number of hydrogen-bond acceptors (Lipinski definition) is 4. The standard InChI is InChI=1S/C11H14ClN3S/c1-2-15(6-3-5-12)10-9-4-7-16-11(9)14-8-13-10/h4,7-8H,2-3,5-6H2,1H3. The van der Waals surface area contributed by atoms with Crippen molar-refractivity contribution in [3.05, 3.63) is 17.8 Å². The summed E-state index contributed by atoms with van der Waals surface area (Å²) in [6.45, 7) is 4.02. The number of thiophene rings is 1. The molecule has 0 aromatic carbocycles. The Morgan fingerprint density at radius 3 is 3.06 bits per heavy atom. The summed E-state index contributed by atoms with van der Waals surface area (Å²) in [7, 11) is 0. The van der Waals surface area contributed by atoms with Crippen molar-refractivity contribution in [2.75, 3.05) is 23.9 Å². The fraction of sp³-hybridized carbons (Fsp3) is 0.455. The van der Waals surface area contributed by atoms with Crippen molar-refractivity contribution >= 4 is 39.0 Å². The molecule has 0 saturated heterocycles. The van der Waals surface area contributed by atoms with Gasteiger partial charge in [0.1, 0.15) is 17.0 Å². The van der Waals surface area contributed by atoms with Gasteiger partial charge in [0.05, 0.1) is 5.39 Å². The first-order valence-corrected chi connectivity index (χ1v) is 6.77. The number of nitrogens with zero attached hydrogens (tertiary/aromatic N) is 3. The summed E-state index contributed by atoms with van der Waals surface area (Å²) in [4.78, 5) is 11.9. The second kappa shape index (κ2) is 5.46. The highest BCUT2D eigenvalue weighted by molar-refractivity contribution is 7.16. The summed E-state index contributed by atoms with van der Waals surface area (Å²) in [6, 6.07) is 2.08. The minimum atomic E-state index is 0.689. The Morgan fingerprint density at radius 1 is 1.44 bits per heavy atom. The van der Waals surface area contributed by atoms with Gasteiger partial charge in [-0.25, -0.2) is 9.97 Å². The Balaban J connectivity index is 2.32. The topological polar surface area (TPSA) is 29.0 Å². The van der Waals surface area contributed by atoms with Gasteiger partial charge in [0.2, 0.25) is 0 Å². The van der Waals surface area contributed by atoms with E-state index in [4.69, 9.17) is 11.6 Å². The first-order chi connectivity index (χ1) is 7.86. The number of hydrogen-bond donors (Lipinski definition) is 0. The van der Waals surface area contributed by atoms with E-state index in [1.807, 2.05) is 0 Å².